The lowest BCUT2D eigenvalue weighted by atomic mass is 9.92. The number of benzene rings is 2. The van der Waals surface area contributed by atoms with Crippen molar-refractivity contribution < 1.29 is 58.0 Å². The third-order valence-corrected chi connectivity index (χ3v) is 5.12. The van der Waals surface area contributed by atoms with Gasteiger partial charge in [-0.25, -0.2) is 17.6 Å². The smallest absolute Gasteiger partial charge is 0.320 e. The second-order valence-electron chi connectivity index (χ2n) is 6.70. The molecule has 2 unspecified atom stereocenters. The van der Waals surface area contributed by atoms with Crippen LogP contribution < -0.4 is 5.32 Å². The number of amides is 1. The van der Waals surface area contributed by atoms with E-state index < -0.39 is 85.9 Å². The highest BCUT2D eigenvalue weighted by Crippen LogP contribution is 2.51. The summed E-state index contributed by atoms with van der Waals surface area (Å²) < 4.78 is 146. The fourth-order valence-corrected chi connectivity index (χ4v) is 3.34. The van der Waals surface area contributed by atoms with Crippen LogP contribution >= 0.6 is 15.9 Å². The number of nitro groups is 1. The molecule has 17 heteroatoms. The number of hydrogen-bond donors (Lipinski definition) is 1. The van der Waals surface area contributed by atoms with Crippen LogP contribution in [0.4, 0.5) is 59.7 Å². The van der Waals surface area contributed by atoms with Gasteiger partial charge in [0.05, 0.1) is 21.7 Å². The fraction of sp³-hybridized carbons (Fsp3) is 0.278. The number of rotatable bonds is 6. The van der Waals surface area contributed by atoms with E-state index in [1.165, 1.54) is 5.32 Å². The molecule has 192 valence electrons. The molecule has 0 aromatic heterocycles. The van der Waals surface area contributed by atoms with Gasteiger partial charge < -0.3 is 5.32 Å². The second-order valence-corrected chi connectivity index (χ2v) is 7.56. The average molecular weight is 589 g/mol. The van der Waals surface area contributed by atoms with Gasteiger partial charge in [0.15, 0.2) is 6.17 Å². The monoisotopic (exact) mass is 588 g/mol. The lowest BCUT2D eigenvalue weighted by molar-refractivity contribution is -0.387. The fourth-order valence-electron chi connectivity index (χ4n) is 2.76. The maximum atomic E-state index is 14.3. The van der Waals surface area contributed by atoms with E-state index in [-0.39, 0.29) is 6.07 Å². The summed E-state index contributed by atoms with van der Waals surface area (Å²) >= 11 is 2.40. The Morgan fingerprint density at radius 1 is 1.03 bits per heavy atom. The molecule has 1 N–H and O–H groups in total. The van der Waals surface area contributed by atoms with Gasteiger partial charge in [-0.2, -0.15) is 30.7 Å². The van der Waals surface area contributed by atoms with E-state index >= 15 is 0 Å². The van der Waals surface area contributed by atoms with Crippen LogP contribution in [-0.2, 0) is 6.18 Å². The molecule has 0 bridgehead atoms. The number of nitrogens with zero attached hydrogens (tertiary/aromatic N) is 1. The van der Waals surface area contributed by atoms with Gasteiger partial charge in [-0.05, 0) is 39.7 Å². The molecule has 0 heterocycles. The first kappa shape index (κ1) is 28.3. The van der Waals surface area contributed by atoms with Gasteiger partial charge in [0, 0.05) is 10.5 Å². The first-order valence-corrected chi connectivity index (χ1v) is 9.46. The Balaban J connectivity index is 2.64. The topological polar surface area (TPSA) is 72.2 Å². The summed E-state index contributed by atoms with van der Waals surface area (Å²) in [6.07, 6.45) is -21.5. The van der Waals surface area contributed by atoms with Crippen LogP contribution in [-0.4, -0.2) is 29.1 Å². The van der Waals surface area contributed by atoms with Gasteiger partial charge >= 0.3 is 18.0 Å². The molecule has 0 radical (unpaired) electrons. The van der Waals surface area contributed by atoms with Crippen molar-refractivity contribution in [2.75, 3.05) is 5.32 Å². The van der Waals surface area contributed by atoms with Crippen molar-refractivity contribution in [3.05, 3.63) is 67.4 Å². The molecule has 1 amide bonds. The van der Waals surface area contributed by atoms with Crippen molar-refractivity contribution in [1.82, 2.24) is 0 Å². The average Bonchev–Trinajstić information content (AvgIpc) is 2.71. The number of carbonyl (C=O) groups is 1. The van der Waals surface area contributed by atoms with Crippen molar-refractivity contribution in [3.63, 3.8) is 0 Å². The molecule has 0 fully saturated rings. The van der Waals surface area contributed by atoms with Gasteiger partial charge in [-0.1, -0.05) is 6.07 Å². The van der Waals surface area contributed by atoms with Crippen molar-refractivity contribution in [2.24, 2.45) is 0 Å². The van der Waals surface area contributed by atoms with E-state index in [9.17, 15) is 63.2 Å². The van der Waals surface area contributed by atoms with Gasteiger partial charge in [-0.3, -0.25) is 14.9 Å². The second kappa shape index (κ2) is 9.58. The number of nitrogens with one attached hydrogen (secondary N) is 1. The van der Waals surface area contributed by atoms with Crippen LogP contribution in [0.15, 0.2) is 34.8 Å². The highest BCUT2D eigenvalue weighted by molar-refractivity contribution is 9.10. The quantitative estimate of drug-likeness (QED) is 0.218. The minimum atomic E-state index is -6.53. The third-order valence-electron chi connectivity index (χ3n) is 4.49. The highest BCUT2D eigenvalue weighted by Gasteiger charge is 2.68. The highest BCUT2D eigenvalue weighted by atomic mass is 79.9. The third kappa shape index (κ3) is 5.33. The van der Waals surface area contributed by atoms with E-state index in [0.29, 0.717) is 12.1 Å². The van der Waals surface area contributed by atoms with Crippen molar-refractivity contribution in [3.8, 4) is 0 Å². The number of hydrogen-bond acceptors (Lipinski definition) is 3. The maximum absolute atomic E-state index is 14.3. The van der Waals surface area contributed by atoms with Crippen LogP contribution in [0.5, 0.6) is 0 Å². The SMILES string of the molecule is O=C(Nc1c(Br)cc(C(F)C(F)(C(F)F)C(F)(F)F)cc1C(F)(F)F)c1cccc([N+](=O)[O-])c1F. The van der Waals surface area contributed by atoms with E-state index in [0.717, 1.165) is 6.07 Å². The summed E-state index contributed by atoms with van der Waals surface area (Å²) in [5.74, 6) is -3.45. The number of anilines is 1. The summed E-state index contributed by atoms with van der Waals surface area (Å²) in [7, 11) is 0. The Morgan fingerprint density at radius 3 is 2.06 bits per heavy atom. The Labute approximate surface area is 195 Å². The first-order chi connectivity index (χ1) is 15.8. The largest absolute Gasteiger partial charge is 0.431 e. The minimum absolute atomic E-state index is 0.0712. The summed E-state index contributed by atoms with van der Waals surface area (Å²) in [5.41, 5.74) is -13.5. The standard InChI is InChI=1S/C18H8BrF11N2O3/c19-9-5-6(13(21)16(24,15(22)23)18(28,29)30)4-8(17(25,26)27)12(9)31-14(33)7-2-1-3-10(11(7)20)32(34)35/h1-5,13,15H,(H,31,33). The predicted molar refractivity (Wildman–Crippen MR) is 99.9 cm³/mol. The van der Waals surface area contributed by atoms with E-state index in [1.54, 1.807) is 0 Å². The Hall–Kier alpha value is -2.98. The van der Waals surface area contributed by atoms with Gasteiger partial charge in [0.2, 0.25) is 5.82 Å². The molecule has 2 aromatic rings. The normalized spacial score (nSPS) is 15.0. The van der Waals surface area contributed by atoms with Crippen LogP contribution in [0.2, 0.25) is 0 Å². The van der Waals surface area contributed by atoms with Gasteiger partial charge in [0.1, 0.15) is 0 Å². The molecular weight excluding hydrogens is 581 g/mol. The zero-order valence-electron chi connectivity index (χ0n) is 16.2. The molecule has 2 rings (SSSR count). The summed E-state index contributed by atoms with van der Waals surface area (Å²) in [4.78, 5) is 21.8. The molecule has 35 heavy (non-hydrogen) atoms. The molecule has 0 aliphatic heterocycles. The van der Waals surface area contributed by atoms with Crippen LogP contribution in [0.25, 0.3) is 0 Å². The Kier molecular flexibility index (Phi) is 7.73. The molecule has 0 saturated heterocycles. The molecule has 0 aliphatic rings. The summed E-state index contributed by atoms with van der Waals surface area (Å²) in [6.45, 7) is 0. The van der Waals surface area contributed by atoms with E-state index in [2.05, 4.69) is 15.9 Å². The van der Waals surface area contributed by atoms with Gasteiger partial charge in [-0.15, -0.1) is 0 Å². The molecular formula is C18H8BrF11N2O3. The number of carbonyl (C=O) groups excluding carboxylic acids is 1. The Morgan fingerprint density at radius 2 is 1.60 bits per heavy atom. The Bertz CT molecular complexity index is 1150. The van der Waals surface area contributed by atoms with Crippen LogP contribution in [0.3, 0.4) is 0 Å². The lowest BCUT2D eigenvalue weighted by Gasteiger charge is -2.30. The molecule has 0 aliphatic carbocycles. The molecule has 2 atom stereocenters. The van der Waals surface area contributed by atoms with E-state index in [4.69, 9.17) is 0 Å². The van der Waals surface area contributed by atoms with Gasteiger partial charge in [0.25, 0.3) is 18.0 Å². The number of alkyl halides is 10. The van der Waals surface area contributed by atoms with Crippen molar-refractivity contribution in [1.29, 1.82) is 0 Å². The predicted octanol–water partition coefficient (Wildman–Crippen LogP) is 7.31. The molecule has 0 spiro atoms. The zero-order chi connectivity index (χ0) is 27.1. The number of nitro benzene ring substituents is 1. The molecule has 5 nitrogen and oxygen atoms in total. The summed E-state index contributed by atoms with van der Waals surface area (Å²) in [6, 6.07) is 1.72. The number of halogens is 12. The lowest BCUT2D eigenvalue weighted by Crippen LogP contribution is -2.50. The molecule has 2 aromatic carbocycles. The van der Waals surface area contributed by atoms with Crippen LogP contribution in [0.1, 0.15) is 27.7 Å². The first-order valence-electron chi connectivity index (χ1n) is 8.66. The summed E-state index contributed by atoms with van der Waals surface area (Å²) in [5, 5.41) is 12.3. The van der Waals surface area contributed by atoms with Crippen molar-refractivity contribution in [2.45, 2.75) is 30.6 Å². The zero-order valence-corrected chi connectivity index (χ0v) is 17.8. The van der Waals surface area contributed by atoms with E-state index in [1.807, 2.05) is 0 Å². The minimum Gasteiger partial charge on any atom is -0.320 e. The van der Waals surface area contributed by atoms with Crippen LogP contribution in [0, 0.1) is 15.9 Å². The molecule has 0 saturated carbocycles. The maximum Gasteiger partial charge on any atom is 0.431 e. The van der Waals surface area contributed by atoms with Crippen molar-refractivity contribution >= 4 is 33.2 Å².